The Morgan fingerprint density at radius 1 is 1.16 bits per heavy atom. The van der Waals surface area contributed by atoms with Gasteiger partial charge in [-0.3, -0.25) is 20.2 Å². The SMILES string of the molecule is CCCCCc1c([N+](=O)[O-])ccc(OC)c1[N+](=O)[O-]. The lowest BCUT2D eigenvalue weighted by molar-refractivity contribution is -0.396. The number of hydrogen-bond donors (Lipinski definition) is 0. The third kappa shape index (κ3) is 3.40. The molecule has 0 bridgehead atoms. The van der Waals surface area contributed by atoms with Crippen molar-refractivity contribution in [1.82, 2.24) is 0 Å². The fraction of sp³-hybridized carbons (Fsp3) is 0.500. The van der Waals surface area contributed by atoms with Crippen molar-refractivity contribution in [2.75, 3.05) is 7.11 Å². The summed E-state index contributed by atoms with van der Waals surface area (Å²) in [7, 11) is 1.31. The van der Waals surface area contributed by atoms with Gasteiger partial charge in [0.2, 0.25) is 0 Å². The minimum Gasteiger partial charge on any atom is -0.490 e. The van der Waals surface area contributed by atoms with Gasteiger partial charge in [-0.05, 0) is 18.9 Å². The van der Waals surface area contributed by atoms with Crippen molar-refractivity contribution in [3.8, 4) is 5.75 Å². The van der Waals surface area contributed by atoms with E-state index < -0.39 is 9.85 Å². The van der Waals surface area contributed by atoms with Crippen molar-refractivity contribution in [2.24, 2.45) is 0 Å². The summed E-state index contributed by atoms with van der Waals surface area (Å²) in [6, 6.07) is 2.52. The molecule has 0 amide bonds. The molecule has 0 fully saturated rings. The van der Waals surface area contributed by atoms with Gasteiger partial charge in [0.05, 0.1) is 17.0 Å². The molecule has 0 saturated heterocycles. The summed E-state index contributed by atoms with van der Waals surface area (Å²) in [5.74, 6) is 0.0575. The number of unbranched alkanes of at least 4 members (excludes halogenated alkanes) is 2. The molecule has 0 heterocycles. The number of nitro benzene ring substituents is 2. The van der Waals surface area contributed by atoms with Crippen molar-refractivity contribution in [3.05, 3.63) is 37.9 Å². The summed E-state index contributed by atoms with van der Waals surface area (Å²) in [6.45, 7) is 1.99. The van der Waals surface area contributed by atoms with E-state index >= 15 is 0 Å². The maximum atomic E-state index is 11.1. The Morgan fingerprint density at radius 2 is 1.84 bits per heavy atom. The fourth-order valence-corrected chi connectivity index (χ4v) is 1.94. The molecule has 104 valence electrons. The first-order valence-corrected chi connectivity index (χ1v) is 6.01. The van der Waals surface area contributed by atoms with Crippen molar-refractivity contribution in [1.29, 1.82) is 0 Å². The highest BCUT2D eigenvalue weighted by Gasteiger charge is 2.28. The van der Waals surface area contributed by atoms with Gasteiger partial charge in [0.15, 0.2) is 5.75 Å². The molecule has 19 heavy (non-hydrogen) atoms. The second-order valence-electron chi connectivity index (χ2n) is 4.09. The molecule has 1 rings (SSSR count). The molecule has 0 aromatic heterocycles. The van der Waals surface area contributed by atoms with Crippen molar-refractivity contribution in [3.63, 3.8) is 0 Å². The first-order chi connectivity index (χ1) is 9.02. The number of nitrogens with zero attached hydrogens (tertiary/aromatic N) is 2. The average molecular weight is 268 g/mol. The van der Waals surface area contributed by atoms with Gasteiger partial charge in [-0.1, -0.05) is 19.8 Å². The lowest BCUT2D eigenvalue weighted by Gasteiger charge is -2.07. The monoisotopic (exact) mass is 268 g/mol. The Hall–Kier alpha value is -2.18. The van der Waals surface area contributed by atoms with Gasteiger partial charge < -0.3 is 4.74 Å². The molecule has 0 aliphatic heterocycles. The smallest absolute Gasteiger partial charge is 0.320 e. The predicted molar refractivity (Wildman–Crippen MR) is 69.5 cm³/mol. The van der Waals surface area contributed by atoms with Crippen LogP contribution in [0.5, 0.6) is 5.75 Å². The number of ether oxygens (including phenoxy) is 1. The number of hydrogen-bond acceptors (Lipinski definition) is 5. The summed E-state index contributed by atoms with van der Waals surface area (Å²) >= 11 is 0. The fourth-order valence-electron chi connectivity index (χ4n) is 1.94. The van der Waals surface area contributed by atoms with Crippen molar-refractivity contribution in [2.45, 2.75) is 32.6 Å². The molecule has 7 nitrogen and oxygen atoms in total. The van der Waals surface area contributed by atoms with Crippen LogP contribution in [-0.2, 0) is 6.42 Å². The van der Waals surface area contributed by atoms with Crippen LogP contribution in [0.25, 0.3) is 0 Å². The van der Waals surface area contributed by atoms with Crippen LogP contribution in [0.1, 0.15) is 31.7 Å². The zero-order chi connectivity index (χ0) is 14.4. The van der Waals surface area contributed by atoms with Gasteiger partial charge in [0.1, 0.15) is 5.56 Å². The van der Waals surface area contributed by atoms with Crippen LogP contribution in [0.2, 0.25) is 0 Å². The normalized spacial score (nSPS) is 10.2. The number of benzene rings is 1. The van der Waals surface area contributed by atoms with Gasteiger partial charge in [-0.25, -0.2) is 0 Å². The van der Waals surface area contributed by atoms with Crippen LogP contribution >= 0.6 is 0 Å². The second-order valence-corrected chi connectivity index (χ2v) is 4.09. The molecule has 0 atom stereocenters. The molecule has 0 unspecified atom stereocenters. The summed E-state index contributed by atoms with van der Waals surface area (Å²) in [5.41, 5.74) is -0.376. The molecule has 0 spiro atoms. The van der Waals surface area contributed by atoms with Crippen LogP contribution in [-0.4, -0.2) is 17.0 Å². The number of nitro groups is 2. The zero-order valence-electron chi connectivity index (χ0n) is 10.9. The standard InChI is InChI=1S/C12H16N2O5/c1-3-4-5-6-9-10(13(15)16)7-8-11(19-2)12(9)14(17)18/h7-8H,3-6H2,1-2H3. The lowest BCUT2D eigenvalue weighted by Crippen LogP contribution is -2.03. The average Bonchev–Trinajstić information content (AvgIpc) is 2.37. The first-order valence-electron chi connectivity index (χ1n) is 6.01. The van der Waals surface area contributed by atoms with Crippen LogP contribution < -0.4 is 4.74 Å². The van der Waals surface area contributed by atoms with Gasteiger partial charge in [-0.15, -0.1) is 0 Å². The topological polar surface area (TPSA) is 95.5 Å². The minimum absolute atomic E-state index is 0.0575. The van der Waals surface area contributed by atoms with Gasteiger partial charge in [0.25, 0.3) is 5.69 Å². The largest absolute Gasteiger partial charge is 0.490 e. The minimum atomic E-state index is -0.618. The van der Waals surface area contributed by atoms with E-state index in [9.17, 15) is 20.2 Å². The summed E-state index contributed by atoms with van der Waals surface area (Å²) in [5, 5.41) is 22.1. The van der Waals surface area contributed by atoms with E-state index in [0.29, 0.717) is 12.8 Å². The first kappa shape index (κ1) is 14.9. The van der Waals surface area contributed by atoms with Crippen LogP contribution in [0, 0.1) is 20.2 Å². The number of methoxy groups -OCH3 is 1. The summed E-state index contributed by atoms with van der Waals surface area (Å²) < 4.78 is 4.92. The van der Waals surface area contributed by atoms with Gasteiger partial charge in [0, 0.05) is 6.07 Å². The van der Waals surface area contributed by atoms with Gasteiger partial charge >= 0.3 is 5.69 Å². The van der Waals surface area contributed by atoms with Crippen LogP contribution in [0.4, 0.5) is 11.4 Å². The van der Waals surface area contributed by atoms with E-state index in [4.69, 9.17) is 4.74 Å². The Bertz CT molecular complexity index is 487. The van der Waals surface area contributed by atoms with E-state index in [1.54, 1.807) is 0 Å². The van der Waals surface area contributed by atoms with Gasteiger partial charge in [-0.2, -0.15) is 0 Å². The molecule has 7 heteroatoms. The van der Waals surface area contributed by atoms with E-state index in [2.05, 4.69) is 0 Å². The summed E-state index contributed by atoms with van der Waals surface area (Å²) in [6.07, 6.45) is 2.78. The molecule has 1 aromatic carbocycles. The summed E-state index contributed by atoms with van der Waals surface area (Å²) in [4.78, 5) is 20.9. The molecule has 0 aliphatic rings. The molecule has 1 aromatic rings. The Kier molecular flexibility index (Phi) is 5.23. The third-order valence-corrected chi connectivity index (χ3v) is 2.85. The van der Waals surface area contributed by atoms with E-state index in [-0.39, 0.29) is 22.7 Å². The molecular weight excluding hydrogens is 252 g/mol. The Balaban J connectivity index is 3.31. The molecular formula is C12H16N2O5. The highest BCUT2D eigenvalue weighted by atomic mass is 16.6. The van der Waals surface area contributed by atoms with E-state index in [1.807, 2.05) is 6.92 Å². The van der Waals surface area contributed by atoms with Crippen LogP contribution in [0.15, 0.2) is 12.1 Å². The lowest BCUT2D eigenvalue weighted by atomic mass is 10.0. The van der Waals surface area contributed by atoms with E-state index in [1.165, 1.54) is 19.2 Å². The third-order valence-electron chi connectivity index (χ3n) is 2.85. The van der Waals surface area contributed by atoms with E-state index in [0.717, 1.165) is 12.8 Å². The predicted octanol–water partition coefficient (Wildman–Crippen LogP) is 3.24. The van der Waals surface area contributed by atoms with Crippen molar-refractivity contribution < 1.29 is 14.6 Å². The second kappa shape index (κ2) is 6.67. The molecule has 0 N–H and O–H groups in total. The quantitative estimate of drug-likeness (QED) is 0.429. The zero-order valence-corrected chi connectivity index (χ0v) is 10.9. The van der Waals surface area contributed by atoms with Crippen LogP contribution in [0.3, 0.4) is 0 Å². The Labute approximate surface area is 110 Å². The number of rotatable bonds is 7. The molecule has 0 radical (unpaired) electrons. The van der Waals surface area contributed by atoms with Crippen molar-refractivity contribution >= 4 is 11.4 Å². The Morgan fingerprint density at radius 3 is 2.32 bits per heavy atom. The highest BCUT2D eigenvalue weighted by Crippen LogP contribution is 2.37. The highest BCUT2D eigenvalue weighted by molar-refractivity contribution is 5.61. The molecule has 0 aliphatic carbocycles. The maximum Gasteiger partial charge on any atom is 0.320 e. The molecule has 0 saturated carbocycles. The maximum absolute atomic E-state index is 11.1.